The van der Waals surface area contributed by atoms with E-state index in [9.17, 15) is 15.0 Å². The summed E-state index contributed by atoms with van der Waals surface area (Å²) in [6.45, 7) is 4.48. The smallest absolute Gasteiger partial charge is 0.349 e. The first-order chi connectivity index (χ1) is 13.7. The molecule has 0 fully saturated rings. The minimum Gasteiger partial charge on any atom is -0.507 e. The van der Waals surface area contributed by atoms with Gasteiger partial charge < -0.3 is 14.7 Å². The van der Waals surface area contributed by atoms with Gasteiger partial charge >= 0.3 is 5.91 Å². The van der Waals surface area contributed by atoms with E-state index in [1.807, 2.05) is 6.07 Å². The summed E-state index contributed by atoms with van der Waals surface area (Å²) in [6, 6.07) is 15.6. The fourth-order valence-electron chi connectivity index (χ4n) is 3.81. The minimum absolute atomic E-state index is 0.0578. The molecule has 5 nitrogen and oxygen atoms in total. The van der Waals surface area contributed by atoms with Crippen LogP contribution in [0.4, 0.5) is 0 Å². The molecule has 0 saturated heterocycles. The third kappa shape index (κ3) is 5.91. The van der Waals surface area contributed by atoms with Crippen LogP contribution >= 0.6 is 0 Å². The summed E-state index contributed by atoms with van der Waals surface area (Å²) in [5, 5.41) is 21.6. The average molecular weight is 415 g/mol. The van der Waals surface area contributed by atoms with Crippen LogP contribution in [-0.4, -0.2) is 72.9 Å². The third-order valence-corrected chi connectivity index (χ3v) is 6.06. The molecule has 0 saturated carbocycles. The number of hydrogen-bond donors (Lipinski definition) is 2. The SMILES string of the molecule is CC(CCc1ccccc1)[N+](C)(C)CC(C)(O)c1ccc(O)c(C(=O)[N+](C)(C)C)c1. The highest BCUT2D eigenvalue weighted by molar-refractivity contribution is 5.92. The van der Waals surface area contributed by atoms with Crippen LogP contribution in [0.3, 0.4) is 0 Å². The van der Waals surface area contributed by atoms with E-state index in [-0.39, 0.29) is 21.7 Å². The Hall–Kier alpha value is -2.21. The van der Waals surface area contributed by atoms with Crippen LogP contribution < -0.4 is 0 Å². The van der Waals surface area contributed by atoms with Crippen LogP contribution in [0.1, 0.15) is 41.8 Å². The van der Waals surface area contributed by atoms with Gasteiger partial charge in [-0.1, -0.05) is 36.4 Å². The number of likely N-dealkylation sites (N-methyl/N-ethyl adjacent to an activating group) is 1. The maximum absolute atomic E-state index is 12.7. The van der Waals surface area contributed by atoms with Crippen molar-refractivity contribution in [1.29, 1.82) is 0 Å². The Morgan fingerprint density at radius 3 is 2.20 bits per heavy atom. The van der Waals surface area contributed by atoms with Crippen LogP contribution in [0.5, 0.6) is 5.75 Å². The van der Waals surface area contributed by atoms with E-state index < -0.39 is 5.60 Å². The summed E-state index contributed by atoms with van der Waals surface area (Å²) in [5.74, 6) is -0.257. The van der Waals surface area contributed by atoms with Crippen LogP contribution in [0, 0.1) is 0 Å². The van der Waals surface area contributed by atoms with Gasteiger partial charge in [0.15, 0.2) is 0 Å². The Morgan fingerprint density at radius 2 is 1.63 bits per heavy atom. The monoisotopic (exact) mass is 414 g/mol. The van der Waals surface area contributed by atoms with Gasteiger partial charge in [0.2, 0.25) is 0 Å². The van der Waals surface area contributed by atoms with Crippen LogP contribution in [-0.2, 0) is 12.0 Å². The number of hydrogen-bond acceptors (Lipinski definition) is 3. The Morgan fingerprint density at radius 1 is 1.03 bits per heavy atom. The van der Waals surface area contributed by atoms with Crippen molar-refractivity contribution in [1.82, 2.24) is 0 Å². The number of aliphatic hydroxyl groups is 1. The van der Waals surface area contributed by atoms with Crippen LogP contribution in [0.2, 0.25) is 0 Å². The molecule has 0 aliphatic heterocycles. The predicted molar refractivity (Wildman–Crippen MR) is 121 cm³/mol. The molecule has 0 aromatic heterocycles. The number of phenols is 1. The van der Waals surface area contributed by atoms with E-state index in [1.165, 1.54) is 11.6 Å². The molecule has 0 aliphatic rings. The van der Waals surface area contributed by atoms with Gasteiger partial charge in [0.05, 0.1) is 41.3 Å². The molecule has 2 atom stereocenters. The number of aromatic hydroxyl groups is 1. The summed E-state index contributed by atoms with van der Waals surface area (Å²) in [6.07, 6.45) is 2.00. The number of benzene rings is 2. The molecule has 1 amide bonds. The molecule has 30 heavy (non-hydrogen) atoms. The van der Waals surface area contributed by atoms with Gasteiger partial charge in [-0.2, -0.15) is 0 Å². The molecule has 164 valence electrons. The van der Waals surface area contributed by atoms with Crippen molar-refractivity contribution in [3.05, 3.63) is 65.2 Å². The molecule has 2 N–H and O–H groups in total. The molecule has 2 aromatic carbocycles. The fourth-order valence-corrected chi connectivity index (χ4v) is 3.81. The maximum atomic E-state index is 12.7. The van der Waals surface area contributed by atoms with Gasteiger partial charge in [0.25, 0.3) is 0 Å². The molecule has 2 aromatic rings. The van der Waals surface area contributed by atoms with E-state index in [4.69, 9.17) is 0 Å². The molecule has 5 heteroatoms. The molecular formula is C25H38N2O3+2. The number of carbonyl (C=O) groups excluding carboxylic acids is 1. The van der Waals surface area contributed by atoms with Crippen molar-refractivity contribution >= 4 is 5.91 Å². The van der Waals surface area contributed by atoms with Gasteiger partial charge in [-0.15, -0.1) is 0 Å². The molecule has 0 spiro atoms. The topological polar surface area (TPSA) is 57.5 Å². The summed E-state index contributed by atoms with van der Waals surface area (Å²) in [7, 11) is 9.55. The van der Waals surface area contributed by atoms with Gasteiger partial charge in [0.1, 0.15) is 23.5 Å². The van der Waals surface area contributed by atoms with Crippen molar-refractivity contribution in [2.45, 2.75) is 38.3 Å². The lowest BCUT2D eigenvalue weighted by Crippen LogP contribution is -2.54. The van der Waals surface area contributed by atoms with E-state index in [0.717, 1.165) is 12.8 Å². The number of phenolic OH excluding ortho intramolecular Hbond substituents is 1. The lowest BCUT2D eigenvalue weighted by atomic mass is 9.91. The zero-order valence-electron chi connectivity index (χ0n) is 19.5. The van der Waals surface area contributed by atoms with Gasteiger partial charge in [0, 0.05) is 6.42 Å². The molecular weight excluding hydrogens is 376 g/mol. The van der Waals surface area contributed by atoms with E-state index in [2.05, 4.69) is 45.3 Å². The zero-order chi connectivity index (χ0) is 22.7. The summed E-state index contributed by atoms with van der Waals surface area (Å²) in [4.78, 5) is 12.7. The van der Waals surface area contributed by atoms with Gasteiger partial charge in [-0.3, -0.25) is 4.48 Å². The van der Waals surface area contributed by atoms with Gasteiger partial charge in [-0.05, 0) is 43.5 Å². The Kier molecular flexibility index (Phi) is 7.12. The largest absolute Gasteiger partial charge is 0.507 e. The van der Waals surface area contributed by atoms with E-state index in [1.54, 1.807) is 40.2 Å². The number of rotatable bonds is 8. The first-order valence-corrected chi connectivity index (χ1v) is 10.5. The Balaban J connectivity index is 2.18. The number of quaternary nitrogens is 2. The minimum atomic E-state index is -1.14. The standard InChI is InChI=1S/C25H37N2O3/c1-19(13-14-20-11-9-8-10-12-20)27(6,7)18-25(2,30)21-15-16-23(28)22(17-21)24(29)26(3,4)5/h8-12,15-17,19,30H,13-14,18H2,1-7H3/q+1/p+1. The van der Waals surface area contributed by atoms with E-state index >= 15 is 0 Å². The number of nitrogens with zero attached hydrogens (tertiary/aromatic N) is 2. The highest BCUT2D eigenvalue weighted by Gasteiger charge is 2.37. The number of carbonyl (C=O) groups is 1. The molecule has 2 unspecified atom stereocenters. The van der Waals surface area contributed by atoms with Crippen molar-refractivity contribution in [2.75, 3.05) is 41.8 Å². The van der Waals surface area contributed by atoms with Crippen LogP contribution in [0.25, 0.3) is 0 Å². The summed E-state index contributed by atoms with van der Waals surface area (Å²) < 4.78 is 0.705. The first-order valence-electron chi connectivity index (χ1n) is 10.5. The fraction of sp³-hybridized carbons (Fsp3) is 0.480. The molecule has 0 aliphatic carbocycles. The molecule has 0 bridgehead atoms. The maximum Gasteiger partial charge on any atom is 0.349 e. The average Bonchev–Trinajstić information content (AvgIpc) is 2.65. The molecule has 2 rings (SSSR count). The van der Waals surface area contributed by atoms with Gasteiger partial charge in [-0.25, -0.2) is 4.79 Å². The van der Waals surface area contributed by atoms with Crippen LogP contribution in [0.15, 0.2) is 48.5 Å². The van der Waals surface area contributed by atoms with Crippen molar-refractivity contribution < 1.29 is 24.0 Å². The highest BCUT2D eigenvalue weighted by atomic mass is 16.3. The Bertz CT molecular complexity index is 868. The Labute approximate surface area is 181 Å². The molecule has 0 radical (unpaired) electrons. The van der Waals surface area contributed by atoms with Crippen molar-refractivity contribution in [2.24, 2.45) is 0 Å². The third-order valence-electron chi connectivity index (χ3n) is 6.06. The second-order valence-corrected chi connectivity index (χ2v) is 10.1. The van der Waals surface area contributed by atoms with Crippen molar-refractivity contribution in [3.8, 4) is 5.75 Å². The second-order valence-electron chi connectivity index (χ2n) is 10.1. The normalized spacial score (nSPS) is 15.5. The highest BCUT2D eigenvalue weighted by Crippen LogP contribution is 2.30. The first kappa shape index (κ1) is 24.1. The quantitative estimate of drug-likeness (QED) is 0.650. The summed E-state index contributed by atoms with van der Waals surface area (Å²) in [5.41, 5.74) is 1.05. The summed E-state index contributed by atoms with van der Waals surface area (Å²) >= 11 is 0. The number of aryl methyl sites for hydroxylation is 1. The second kappa shape index (κ2) is 8.88. The van der Waals surface area contributed by atoms with Crippen molar-refractivity contribution in [3.63, 3.8) is 0 Å². The lowest BCUT2D eigenvalue weighted by Gasteiger charge is -2.41. The van der Waals surface area contributed by atoms with E-state index in [0.29, 0.717) is 22.6 Å². The zero-order valence-corrected chi connectivity index (χ0v) is 19.5. The predicted octanol–water partition coefficient (Wildman–Crippen LogP) is 3.54. The lowest BCUT2D eigenvalue weighted by molar-refractivity contribution is -0.920. The number of amides is 1. The molecule has 0 heterocycles.